The molecule has 1 aromatic carbocycles. The highest BCUT2D eigenvalue weighted by Gasteiger charge is 2.14. The van der Waals surface area contributed by atoms with Gasteiger partial charge in [-0.1, -0.05) is 24.0 Å². The van der Waals surface area contributed by atoms with Crippen LogP contribution in [0.2, 0.25) is 0 Å². The number of ether oxygens (including phenoxy) is 1. The van der Waals surface area contributed by atoms with E-state index in [0.29, 0.717) is 24.5 Å². The number of carbonyl (C=O) groups is 1. The van der Waals surface area contributed by atoms with Gasteiger partial charge in [-0.05, 0) is 37.1 Å². The first-order valence-electron chi connectivity index (χ1n) is 8.32. The number of rotatable bonds is 5. The summed E-state index contributed by atoms with van der Waals surface area (Å²) in [4.78, 5) is 20.9. The Balaban J connectivity index is 1.56. The number of hydrogen-bond acceptors (Lipinski definition) is 4. The van der Waals surface area contributed by atoms with Crippen LogP contribution in [0.4, 0.5) is 0 Å². The quantitative estimate of drug-likeness (QED) is 0.716. The fraction of sp³-hybridized carbons (Fsp3) is 0.250. The predicted octanol–water partition coefficient (Wildman–Crippen LogP) is 2.01. The Morgan fingerprint density at radius 1 is 1.27 bits per heavy atom. The van der Waals surface area contributed by atoms with Gasteiger partial charge in [0, 0.05) is 31.1 Å². The van der Waals surface area contributed by atoms with Gasteiger partial charge in [-0.15, -0.1) is 0 Å². The monoisotopic (exact) mass is 348 g/mol. The number of fused-ring (bicyclic) bond motifs is 1. The first-order valence-corrected chi connectivity index (χ1v) is 8.32. The van der Waals surface area contributed by atoms with E-state index in [9.17, 15) is 4.79 Å². The predicted molar refractivity (Wildman–Crippen MR) is 99.0 cm³/mol. The van der Waals surface area contributed by atoms with E-state index in [2.05, 4.69) is 27.1 Å². The average Bonchev–Trinajstić information content (AvgIpc) is 3.06. The minimum Gasteiger partial charge on any atom is -0.372 e. The van der Waals surface area contributed by atoms with E-state index < -0.39 is 0 Å². The molecule has 2 heterocycles. The highest BCUT2D eigenvalue weighted by Crippen LogP contribution is 2.08. The van der Waals surface area contributed by atoms with Crippen LogP contribution in [-0.2, 0) is 11.2 Å². The molecule has 1 amide bonds. The Kier molecular flexibility index (Phi) is 5.62. The lowest BCUT2D eigenvalue weighted by Crippen LogP contribution is -2.26. The van der Waals surface area contributed by atoms with Crippen molar-refractivity contribution >= 4 is 11.6 Å². The second kappa shape index (κ2) is 8.28. The number of aromatic nitrogens is 3. The third kappa shape index (κ3) is 4.26. The van der Waals surface area contributed by atoms with Crippen LogP contribution in [-0.4, -0.2) is 40.5 Å². The van der Waals surface area contributed by atoms with Crippen molar-refractivity contribution in [3.05, 3.63) is 65.4 Å². The second-order valence-corrected chi connectivity index (χ2v) is 5.83. The molecule has 0 bridgehead atoms. The lowest BCUT2D eigenvalue weighted by molar-refractivity contribution is 0.0951. The largest absolute Gasteiger partial charge is 0.372 e. The number of nitrogens with zero attached hydrogens (tertiary/aromatic N) is 3. The van der Waals surface area contributed by atoms with Crippen LogP contribution in [0.3, 0.4) is 0 Å². The van der Waals surface area contributed by atoms with Crippen molar-refractivity contribution < 1.29 is 9.53 Å². The fourth-order valence-corrected chi connectivity index (χ4v) is 2.50. The molecule has 6 heteroatoms. The maximum atomic E-state index is 12.4. The van der Waals surface area contributed by atoms with Crippen molar-refractivity contribution in [1.29, 1.82) is 0 Å². The van der Waals surface area contributed by atoms with E-state index in [1.165, 1.54) is 0 Å². The summed E-state index contributed by atoms with van der Waals surface area (Å²) in [5.74, 6) is 5.73. The number of methoxy groups -OCH3 is 1. The smallest absolute Gasteiger partial charge is 0.273 e. The minimum absolute atomic E-state index is 0.215. The van der Waals surface area contributed by atoms with E-state index in [4.69, 9.17) is 4.74 Å². The number of imidazole rings is 1. The molecule has 0 aliphatic heterocycles. The van der Waals surface area contributed by atoms with Crippen LogP contribution in [0.25, 0.3) is 5.65 Å². The number of hydrogen-bond donors (Lipinski definition) is 1. The van der Waals surface area contributed by atoms with E-state index in [-0.39, 0.29) is 5.91 Å². The van der Waals surface area contributed by atoms with Crippen molar-refractivity contribution in [3.63, 3.8) is 0 Å². The highest BCUT2D eigenvalue weighted by molar-refractivity contribution is 5.97. The molecule has 0 aliphatic carbocycles. The Bertz CT molecular complexity index is 965. The normalized spacial score (nSPS) is 10.4. The average molecular weight is 348 g/mol. The molecule has 0 spiro atoms. The Labute approximate surface area is 152 Å². The van der Waals surface area contributed by atoms with Crippen molar-refractivity contribution in [2.24, 2.45) is 0 Å². The van der Waals surface area contributed by atoms with Gasteiger partial charge in [0.15, 0.2) is 11.3 Å². The molecule has 1 N–H and O–H groups in total. The summed E-state index contributed by atoms with van der Waals surface area (Å²) < 4.78 is 6.64. The van der Waals surface area contributed by atoms with Gasteiger partial charge in [0.05, 0.1) is 0 Å². The molecule has 132 valence electrons. The first-order chi connectivity index (χ1) is 12.7. The van der Waals surface area contributed by atoms with Gasteiger partial charge < -0.3 is 10.1 Å². The first kappa shape index (κ1) is 17.6. The van der Waals surface area contributed by atoms with Crippen molar-refractivity contribution in [2.45, 2.75) is 13.3 Å². The lowest BCUT2D eigenvalue weighted by Gasteiger charge is -2.04. The number of aryl methyl sites for hydroxylation is 1. The van der Waals surface area contributed by atoms with Gasteiger partial charge >= 0.3 is 0 Å². The molecule has 0 radical (unpaired) electrons. The van der Waals surface area contributed by atoms with Gasteiger partial charge in [0.25, 0.3) is 5.91 Å². The Hall–Kier alpha value is -3.17. The topological polar surface area (TPSA) is 68.5 Å². The molecule has 0 atom stereocenters. The van der Waals surface area contributed by atoms with Crippen LogP contribution in [0.15, 0.2) is 42.9 Å². The summed E-state index contributed by atoms with van der Waals surface area (Å²) in [7, 11) is 1.62. The summed E-state index contributed by atoms with van der Waals surface area (Å²) in [6, 6.07) is 9.84. The van der Waals surface area contributed by atoms with Crippen molar-refractivity contribution in [2.75, 3.05) is 20.3 Å². The van der Waals surface area contributed by atoms with E-state index in [1.807, 2.05) is 43.5 Å². The standard InChI is InChI=1S/C20H20N4O2/c1-15-10-12-24-14-22-18(19(24)23-15)20(25)21-11-9-17-7-5-16(6-8-17)4-3-13-26-2/h5-8,10,12,14H,9,11,13H2,1-2H3,(H,21,25). The summed E-state index contributed by atoms with van der Waals surface area (Å²) in [6.45, 7) is 2.83. The van der Waals surface area contributed by atoms with E-state index >= 15 is 0 Å². The number of carbonyl (C=O) groups excluding carboxylic acids is 1. The number of nitrogens with one attached hydrogen (secondary N) is 1. The molecular weight excluding hydrogens is 328 g/mol. The summed E-state index contributed by atoms with van der Waals surface area (Å²) in [5, 5.41) is 2.90. The van der Waals surface area contributed by atoms with Crippen LogP contribution in [0, 0.1) is 18.8 Å². The third-order valence-electron chi connectivity index (χ3n) is 3.84. The van der Waals surface area contributed by atoms with Gasteiger partial charge in [-0.25, -0.2) is 9.97 Å². The molecule has 6 nitrogen and oxygen atoms in total. The fourth-order valence-electron chi connectivity index (χ4n) is 2.50. The summed E-state index contributed by atoms with van der Waals surface area (Å²) in [6.07, 6.45) is 4.17. The maximum absolute atomic E-state index is 12.4. The zero-order valence-corrected chi connectivity index (χ0v) is 14.8. The van der Waals surface area contributed by atoms with Gasteiger partial charge in [-0.3, -0.25) is 9.20 Å². The molecular formula is C20H20N4O2. The summed E-state index contributed by atoms with van der Waals surface area (Å²) in [5.41, 5.74) is 3.84. The molecule has 0 unspecified atom stereocenters. The second-order valence-electron chi connectivity index (χ2n) is 5.83. The van der Waals surface area contributed by atoms with Gasteiger partial charge in [0.2, 0.25) is 0 Å². The summed E-state index contributed by atoms with van der Waals surface area (Å²) >= 11 is 0. The zero-order chi connectivity index (χ0) is 18.4. The van der Waals surface area contributed by atoms with E-state index in [1.54, 1.807) is 17.8 Å². The Morgan fingerprint density at radius 3 is 2.85 bits per heavy atom. The molecule has 0 fully saturated rings. The van der Waals surface area contributed by atoms with Crippen LogP contribution < -0.4 is 5.32 Å². The van der Waals surface area contributed by atoms with Crippen molar-refractivity contribution in [1.82, 2.24) is 19.7 Å². The molecule has 0 saturated heterocycles. The van der Waals surface area contributed by atoms with E-state index in [0.717, 1.165) is 23.2 Å². The molecule has 0 saturated carbocycles. The maximum Gasteiger partial charge on any atom is 0.273 e. The van der Waals surface area contributed by atoms with Crippen LogP contribution >= 0.6 is 0 Å². The number of amides is 1. The van der Waals surface area contributed by atoms with Crippen LogP contribution in [0.1, 0.15) is 27.3 Å². The zero-order valence-electron chi connectivity index (χ0n) is 14.8. The van der Waals surface area contributed by atoms with Gasteiger partial charge in [-0.2, -0.15) is 0 Å². The SMILES string of the molecule is COCC#Cc1ccc(CCNC(=O)c2ncn3ccc(C)nc23)cc1. The third-order valence-corrected chi connectivity index (χ3v) is 3.84. The van der Waals surface area contributed by atoms with Gasteiger partial charge in [0.1, 0.15) is 12.9 Å². The molecule has 2 aromatic heterocycles. The van der Waals surface area contributed by atoms with Crippen LogP contribution in [0.5, 0.6) is 0 Å². The highest BCUT2D eigenvalue weighted by atomic mass is 16.5. The lowest BCUT2D eigenvalue weighted by atomic mass is 10.1. The molecule has 3 aromatic rings. The Morgan fingerprint density at radius 2 is 2.08 bits per heavy atom. The number of benzene rings is 1. The van der Waals surface area contributed by atoms with Crippen molar-refractivity contribution in [3.8, 4) is 11.8 Å². The molecule has 0 aliphatic rings. The molecule has 26 heavy (non-hydrogen) atoms. The molecule has 3 rings (SSSR count). The minimum atomic E-state index is -0.215.